The summed E-state index contributed by atoms with van der Waals surface area (Å²) in [6, 6.07) is -0.942. The third-order valence-corrected chi connectivity index (χ3v) is 3.51. The van der Waals surface area contributed by atoms with Crippen LogP contribution >= 0.6 is 0 Å². The predicted octanol–water partition coefficient (Wildman–Crippen LogP) is 2.28. The second-order valence-electron chi connectivity index (χ2n) is 5.00. The van der Waals surface area contributed by atoms with E-state index in [0.29, 0.717) is 12.5 Å². The van der Waals surface area contributed by atoms with Crippen molar-refractivity contribution in [2.75, 3.05) is 0 Å². The lowest BCUT2D eigenvalue weighted by molar-refractivity contribution is -0.142. The minimum absolute atomic E-state index is 0.276. The van der Waals surface area contributed by atoms with E-state index in [-0.39, 0.29) is 6.29 Å². The largest absolute Gasteiger partial charge is 0.480 e. The van der Waals surface area contributed by atoms with Gasteiger partial charge in [-0.15, -0.1) is 0 Å². The third kappa shape index (κ3) is 3.75. The quantitative estimate of drug-likeness (QED) is 0.816. The highest BCUT2D eigenvalue weighted by Gasteiger charge is 2.35. The van der Waals surface area contributed by atoms with Gasteiger partial charge in [-0.3, -0.25) is 4.79 Å². The summed E-state index contributed by atoms with van der Waals surface area (Å²) in [6.45, 7) is 3.30. The number of aliphatic carboxylic acids is 1. The Morgan fingerprint density at radius 3 is 2.45 bits per heavy atom. The fourth-order valence-electron chi connectivity index (χ4n) is 2.19. The molecule has 1 aromatic heterocycles. The number of carbonyl (C=O) groups excluding carboxylic acids is 1. The number of rotatable bonds is 6. The SMILES string of the molecule is CC[C@@H](C)C(C(=O)O)n1cc(CC=O)c(C(F)(F)F)cc1=O. The monoisotopic (exact) mass is 319 g/mol. The summed E-state index contributed by atoms with van der Waals surface area (Å²) < 4.78 is 39.4. The maximum atomic E-state index is 12.9. The lowest BCUT2D eigenvalue weighted by Gasteiger charge is -2.23. The van der Waals surface area contributed by atoms with Crippen molar-refractivity contribution >= 4 is 12.3 Å². The lowest BCUT2D eigenvalue weighted by Crippen LogP contribution is -2.34. The molecule has 1 rings (SSSR count). The van der Waals surface area contributed by atoms with Crippen molar-refractivity contribution < 1.29 is 27.9 Å². The number of hydrogen-bond donors (Lipinski definition) is 1. The first-order chi connectivity index (χ1) is 10.1. The molecule has 0 fully saturated rings. The summed E-state index contributed by atoms with van der Waals surface area (Å²) in [5, 5.41) is 9.25. The first-order valence-electron chi connectivity index (χ1n) is 6.62. The van der Waals surface area contributed by atoms with Crippen molar-refractivity contribution in [3.05, 3.63) is 33.7 Å². The van der Waals surface area contributed by atoms with Crippen molar-refractivity contribution in [1.82, 2.24) is 4.57 Å². The highest BCUT2D eigenvalue weighted by Crippen LogP contribution is 2.32. The third-order valence-electron chi connectivity index (χ3n) is 3.51. The summed E-state index contributed by atoms with van der Waals surface area (Å²) >= 11 is 0. The van der Waals surface area contributed by atoms with Crippen LogP contribution in [0.4, 0.5) is 13.2 Å². The Balaban J connectivity index is 3.56. The van der Waals surface area contributed by atoms with Gasteiger partial charge in [0.05, 0.1) is 5.56 Å². The molecular formula is C14H16F3NO4. The minimum atomic E-state index is -4.79. The molecule has 1 unspecified atom stereocenters. The van der Waals surface area contributed by atoms with Crippen LogP contribution in [-0.2, 0) is 22.2 Å². The summed E-state index contributed by atoms with van der Waals surface area (Å²) in [5.41, 5.74) is -2.69. The molecule has 0 amide bonds. The molecule has 0 aromatic carbocycles. The summed E-state index contributed by atoms with van der Waals surface area (Å²) in [7, 11) is 0. The van der Waals surface area contributed by atoms with E-state index in [9.17, 15) is 32.7 Å². The zero-order valence-electron chi connectivity index (χ0n) is 12.1. The van der Waals surface area contributed by atoms with Crippen LogP contribution in [0.2, 0.25) is 0 Å². The summed E-state index contributed by atoms with van der Waals surface area (Å²) in [5.74, 6) is -1.77. The number of aromatic nitrogens is 1. The van der Waals surface area contributed by atoms with Gasteiger partial charge in [0.1, 0.15) is 12.3 Å². The van der Waals surface area contributed by atoms with Crippen molar-refractivity contribution in [2.45, 2.75) is 38.9 Å². The molecule has 0 aliphatic heterocycles. The Morgan fingerprint density at radius 2 is 2.05 bits per heavy atom. The molecule has 22 heavy (non-hydrogen) atoms. The van der Waals surface area contributed by atoms with E-state index in [0.717, 1.165) is 10.8 Å². The number of carboxylic acids is 1. The molecular weight excluding hydrogens is 303 g/mol. The summed E-state index contributed by atoms with van der Waals surface area (Å²) in [6.07, 6.45) is -3.82. The number of hydrogen-bond acceptors (Lipinski definition) is 3. The normalized spacial score (nSPS) is 14.4. The van der Waals surface area contributed by atoms with Crippen LogP contribution in [0.5, 0.6) is 0 Å². The molecule has 0 bridgehead atoms. The minimum Gasteiger partial charge on any atom is -0.480 e. The van der Waals surface area contributed by atoms with Crippen LogP contribution in [0, 0.1) is 5.92 Å². The van der Waals surface area contributed by atoms with E-state index in [1.807, 2.05) is 0 Å². The molecule has 122 valence electrons. The van der Waals surface area contributed by atoms with Crippen LogP contribution in [-0.4, -0.2) is 21.9 Å². The average molecular weight is 319 g/mol. The molecule has 1 heterocycles. The zero-order chi connectivity index (χ0) is 17.1. The van der Waals surface area contributed by atoms with E-state index in [1.165, 1.54) is 0 Å². The molecule has 0 aliphatic carbocycles. The molecule has 0 saturated heterocycles. The van der Waals surface area contributed by atoms with Crippen molar-refractivity contribution in [3.8, 4) is 0 Å². The molecule has 0 spiro atoms. The fourth-order valence-corrected chi connectivity index (χ4v) is 2.19. The standard InChI is InChI=1S/C14H16F3NO4/c1-3-8(2)12(13(21)22)18-7-9(4-5-19)10(6-11(18)20)14(15,16)17/h5-8,12H,3-4H2,1-2H3,(H,21,22)/t8-,12?/m1/s1. The number of halogens is 3. The van der Waals surface area contributed by atoms with Gasteiger partial charge in [-0.1, -0.05) is 20.3 Å². The van der Waals surface area contributed by atoms with E-state index >= 15 is 0 Å². The van der Waals surface area contributed by atoms with Crippen LogP contribution < -0.4 is 5.56 Å². The predicted molar refractivity (Wildman–Crippen MR) is 71.6 cm³/mol. The van der Waals surface area contributed by atoms with Gasteiger partial charge >= 0.3 is 12.1 Å². The van der Waals surface area contributed by atoms with E-state index in [4.69, 9.17) is 0 Å². The first kappa shape index (κ1) is 17.9. The number of alkyl halides is 3. The maximum Gasteiger partial charge on any atom is 0.416 e. The number of aldehydes is 1. The van der Waals surface area contributed by atoms with Crippen molar-refractivity contribution in [2.24, 2.45) is 5.92 Å². The van der Waals surface area contributed by atoms with Crippen LogP contribution in [0.15, 0.2) is 17.1 Å². The molecule has 8 heteroatoms. The van der Waals surface area contributed by atoms with E-state index in [1.54, 1.807) is 13.8 Å². The van der Waals surface area contributed by atoms with Gasteiger partial charge in [-0.05, 0) is 11.5 Å². The molecule has 5 nitrogen and oxygen atoms in total. The van der Waals surface area contributed by atoms with Gasteiger partial charge < -0.3 is 14.5 Å². The van der Waals surface area contributed by atoms with Gasteiger partial charge in [0.2, 0.25) is 0 Å². The molecule has 2 atom stereocenters. The molecule has 0 aliphatic rings. The molecule has 0 radical (unpaired) electrons. The van der Waals surface area contributed by atoms with Crippen LogP contribution in [0.3, 0.4) is 0 Å². The number of nitrogens with zero attached hydrogens (tertiary/aromatic N) is 1. The topological polar surface area (TPSA) is 76.4 Å². The zero-order valence-corrected chi connectivity index (χ0v) is 12.1. The number of pyridine rings is 1. The smallest absolute Gasteiger partial charge is 0.416 e. The van der Waals surface area contributed by atoms with Gasteiger partial charge in [-0.25, -0.2) is 4.79 Å². The maximum absolute atomic E-state index is 12.9. The highest BCUT2D eigenvalue weighted by molar-refractivity contribution is 5.72. The molecule has 1 N–H and O–H groups in total. The first-order valence-corrected chi connectivity index (χ1v) is 6.62. The van der Waals surface area contributed by atoms with Crippen molar-refractivity contribution in [1.29, 1.82) is 0 Å². The van der Waals surface area contributed by atoms with Gasteiger partial charge in [0.15, 0.2) is 0 Å². The Bertz CT molecular complexity index is 621. The Kier molecular flexibility index (Phi) is 5.51. The van der Waals surface area contributed by atoms with Gasteiger partial charge in [-0.2, -0.15) is 13.2 Å². The fraction of sp³-hybridized carbons (Fsp3) is 0.500. The van der Waals surface area contributed by atoms with E-state index in [2.05, 4.69) is 0 Å². The second-order valence-corrected chi connectivity index (χ2v) is 5.00. The average Bonchev–Trinajstić information content (AvgIpc) is 2.40. The Labute approximate surface area is 124 Å². The van der Waals surface area contributed by atoms with Gasteiger partial charge in [0.25, 0.3) is 5.56 Å². The number of carboxylic acid groups (broad SMARTS) is 1. The number of carbonyl (C=O) groups is 2. The Hall–Kier alpha value is -2.12. The van der Waals surface area contributed by atoms with Crippen molar-refractivity contribution in [3.63, 3.8) is 0 Å². The highest BCUT2D eigenvalue weighted by atomic mass is 19.4. The second kappa shape index (κ2) is 6.76. The summed E-state index contributed by atoms with van der Waals surface area (Å²) in [4.78, 5) is 33.8. The Morgan fingerprint density at radius 1 is 1.45 bits per heavy atom. The van der Waals surface area contributed by atoms with E-state index < -0.39 is 47.2 Å². The van der Waals surface area contributed by atoms with Crippen LogP contribution in [0.1, 0.15) is 37.4 Å². The molecule has 1 aromatic rings. The lowest BCUT2D eigenvalue weighted by atomic mass is 9.98. The van der Waals surface area contributed by atoms with Crippen LogP contribution in [0.25, 0.3) is 0 Å². The van der Waals surface area contributed by atoms with Gasteiger partial charge in [0, 0.05) is 18.7 Å². The molecule has 0 saturated carbocycles.